The van der Waals surface area contributed by atoms with Gasteiger partial charge < -0.3 is 4.74 Å². The zero-order chi connectivity index (χ0) is 18.7. The van der Waals surface area contributed by atoms with Gasteiger partial charge >= 0.3 is 0 Å². The fourth-order valence-electron chi connectivity index (χ4n) is 2.33. The van der Waals surface area contributed by atoms with Crippen molar-refractivity contribution >= 4 is 17.5 Å². The summed E-state index contributed by atoms with van der Waals surface area (Å²) < 4.78 is 33.6. The Balaban J connectivity index is 1.86. The lowest BCUT2D eigenvalue weighted by Gasteiger charge is -2.12. The molecule has 134 valence electrons. The van der Waals surface area contributed by atoms with Crippen LogP contribution in [0.2, 0.25) is 0 Å². The molecule has 1 aromatic heterocycles. The Bertz CT molecular complexity index is 948. The van der Waals surface area contributed by atoms with Crippen LogP contribution in [-0.2, 0) is 0 Å². The second kappa shape index (κ2) is 7.61. The normalized spacial score (nSPS) is 12.0. The van der Waals surface area contributed by atoms with Crippen LogP contribution >= 0.6 is 11.8 Å². The molecule has 9 heteroatoms. The van der Waals surface area contributed by atoms with Gasteiger partial charge in [-0.05, 0) is 41.6 Å². The Labute approximate surface area is 152 Å². The molecule has 0 aliphatic rings. The minimum Gasteiger partial charge on any atom is -0.494 e. The van der Waals surface area contributed by atoms with Gasteiger partial charge in [-0.25, -0.2) is 8.78 Å². The summed E-state index contributed by atoms with van der Waals surface area (Å²) in [6, 6.07) is 10.0. The number of methoxy groups -OCH3 is 1. The number of halogens is 2. The Morgan fingerprint density at radius 2 is 2.00 bits per heavy atom. The van der Waals surface area contributed by atoms with E-state index in [0.29, 0.717) is 22.7 Å². The minimum absolute atomic E-state index is 0.178. The van der Waals surface area contributed by atoms with Gasteiger partial charge in [-0.15, -0.1) is 5.10 Å². The predicted octanol–water partition coefficient (Wildman–Crippen LogP) is 3.31. The number of thioether (sulfide) groups is 1. The number of nitrogens with zero attached hydrogens (tertiary/aromatic N) is 4. The lowest BCUT2D eigenvalue weighted by molar-refractivity contribution is 0.0990. The number of Topliss-reactive ketones (excluding diaryl/α,β-unsaturated/α-hetero) is 1. The Hall–Kier alpha value is -2.81. The van der Waals surface area contributed by atoms with E-state index >= 15 is 0 Å². The zero-order valence-corrected chi connectivity index (χ0v) is 14.7. The highest BCUT2D eigenvalue weighted by Crippen LogP contribution is 2.29. The third kappa shape index (κ3) is 3.57. The molecule has 1 atom stereocenters. The molecule has 0 radical (unpaired) electrons. The van der Waals surface area contributed by atoms with E-state index in [1.165, 1.54) is 11.8 Å². The van der Waals surface area contributed by atoms with Crippen LogP contribution in [0.15, 0.2) is 47.6 Å². The highest BCUT2D eigenvalue weighted by Gasteiger charge is 2.23. The van der Waals surface area contributed by atoms with Gasteiger partial charge in [0, 0.05) is 6.07 Å². The second-order valence-corrected chi connectivity index (χ2v) is 6.60. The van der Waals surface area contributed by atoms with Gasteiger partial charge in [-0.1, -0.05) is 23.9 Å². The minimum atomic E-state index is -0.897. The molecule has 2 aromatic carbocycles. The quantitative estimate of drug-likeness (QED) is 0.486. The maximum absolute atomic E-state index is 13.9. The number of hydrogen-bond donors (Lipinski definition) is 0. The number of rotatable bonds is 6. The molecule has 0 spiro atoms. The Kier molecular flexibility index (Phi) is 5.27. The standard InChI is InChI=1S/C17H14F2N4O2S/c1-10(16(24)12-8-7-11(18)9-13(12)19)26-17-20-21-22-23(17)14-5-3-4-6-15(14)25-2/h3-10H,1-2H3. The molecule has 26 heavy (non-hydrogen) atoms. The van der Waals surface area contributed by atoms with Crippen molar-refractivity contribution in [2.24, 2.45) is 0 Å². The SMILES string of the molecule is COc1ccccc1-n1nnnc1SC(C)C(=O)c1ccc(F)cc1F. The van der Waals surface area contributed by atoms with Gasteiger partial charge in [0.1, 0.15) is 23.1 Å². The average Bonchev–Trinajstić information content (AvgIpc) is 3.09. The van der Waals surface area contributed by atoms with Gasteiger partial charge in [0.05, 0.1) is 17.9 Å². The van der Waals surface area contributed by atoms with Gasteiger partial charge in [0.25, 0.3) is 0 Å². The van der Waals surface area contributed by atoms with Crippen LogP contribution in [0.1, 0.15) is 17.3 Å². The molecule has 0 amide bonds. The maximum atomic E-state index is 13.9. The second-order valence-electron chi connectivity index (χ2n) is 5.29. The fraction of sp³-hybridized carbons (Fsp3) is 0.176. The summed E-state index contributed by atoms with van der Waals surface area (Å²) >= 11 is 1.07. The molecule has 0 bridgehead atoms. The van der Waals surface area contributed by atoms with E-state index in [1.54, 1.807) is 25.1 Å². The van der Waals surface area contributed by atoms with Gasteiger partial charge in [0.15, 0.2) is 5.78 Å². The summed E-state index contributed by atoms with van der Waals surface area (Å²) in [5.41, 5.74) is 0.429. The van der Waals surface area contributed by atoms with E-state index in [1.807, 2.05) is 6.07 Å². The van der Waals surface area contributed by atoms with Crippen LogP contribution < -0.4 is 4.74 Å². The number of ether oxygens (including phenoxy) is 1. The molecule has 3 aromatic rings. The Morgan fingerprint density at radius 3 is 2.73 bits per heavy atom. The summed E-state index contributed by atoms with van der Waals surface area (Å²) in [7, 11) is 1.53. The number of benzene rings is 2. The third-order valence-corrected chi connectivity index (χ3v) is 4.64. The summed E-state index contributed by atoms with van der Waals surface area (Å²) in [4.78, 5) is 12.5. The van der Waals surface area contributed by atoms with E-state index in [2.05, 4.69) is 15.5 Å². The van der Waals surface area contributed by atoms with Crippen LogP contribution in [-0.4, -0.2) is 38.4 Å². The molecule has 0 aliphatic heterocycles. The van der Waals surface area contributed by atoms with E-state index in [0.717, 1.165) is 23.9 Å². The summed E-state index contributed by atoms with van der Waals surface area (Å²) in [6.07, 6.45) is 0. The molecular weight excluding hydrogens is 362 g/mol. The highest BCUT2D eigenvalue weighted by atomic mass is 32.2. The summed E-state index contributed by atoms with van der Waals surface area (Å²) in [5.74, 6) is -1.56. The molecule has 0 aliphatic carbocycles. The summed E-state index contributed by atoms with van der Waals surface area (Å²) in [5, 5.41) is 11.2. The number of hydrogen-bond acceptors (Lipinski definition) is 6. The summed E-state index contributed by atoms with van der Waals surface area (Å²) in [6.45, 7) is 1.61. The van der Waals surface area contributed by atoms with E-state index < -0.39 is 22.7 Å². The van der Waals surface area contributed by atoms with E-state index in [4.69, 9.17) is 4.74 Å². The molecule has 1 heterocycles. The van der Waals surface area contributed by atoms with Crippen LogP contribution in [0, 0.1) is 11.6 Å². The molecule has 0 N–H and O–H groups in total. The molecule has 0 saturated heterocycles. The number of tetrazole rings is 1. The van der Waals surface area contributed by atoms with Crippen LogP contribution in [0.3, 0.4) is 0 Å². The smallest absolute Gasteiger partial charge is 0.214 e. The number of aromatic nitrogens is 4. The highest BCUT2D eigenvalue weighted by molar-refractivity contribution is 8.00. The Morgan fingerprint density at radius 1 is 1.23 bits per heavy atom. The lowest BCUT2D eigenvalue weighted by atomic mass is 10.1. The van der Waals surface area contributed by atoms with Crippen molar-refractivity contribution in [1.82, 2.24) is 20.2 Å². The first kappa shape index (κ1) is 18.0. The van der Waals surface area contributed by atoms with Crippen molar-refractivity contribution in [3.05, 3.63) is 59.7 Å². The van der Waals surface area contributed by atoms with Crippen molar-refractivity contribution in [2.45, 2.75) is 17.3 Å². The third-order valence-electron chi connectivity index (χ3n) is 3.60. The fourth-order valence-corrected chi connectivity index (χ4v) is 3.20. The molecule has 0 saturated carbocycles. The molecule has 6 nitrogen and oxygen atoms in total. The molecule has 0 fully saturated rings. The van der Waals surface area contributed by atoms with Crippen LogP contribution in [0.5, 0.6) is 5.75 Å². The van der Waals surface area contributed by atoms with Gasteiger partial charge in [0.2, 0.25) is 5.16 Å². The number of para-hydroxylation sites is 2. The first-order chi connectivity index (χ1) is 12.5. The lowest BCUT2D eigenvalue weighted by Crippen LogP contribution is -2.16. The van der Waals surface area contributed by atoms with Crippen molar-refractivity contribution in [1.29, 1.82) is 0 Å². The van der Waals surface area contributed by atoms with Crippen molar-refractivity contribution < 1.29 is 18.3 Å². The maximum Gasteiger partial charge on any atom is 0.214 e. The van der Waals surface area contributed by atoms with Crippen molar-refractivity contribution in [3.8, 4) is 11.4 Å². The average molecular weight is 376 g/mol. The first-order valence-corrected chi connectivity index (χ1v) is 8.47. The topological polar surface area (TPSA) is 69.9 Å². The largest absolute Gasteiger partial charge is 0.494 e. The van der Waals surface area contributed by atoms with E-state index in [9.17, 15) is 13.6 Å². The van der Waals surface area contributed by atoms with Crippen LogP contribution in [0.4, 0.5) is 8.78 Å². The number of carbonyl (C=O) groups is 1. The first-order valence-electron chi connectivity index (χ1n) is 7.59. The van der Waals surface area contributed by atoms with Crippen molar-refractivity contribution in [2.75, 3.05) is 7.11 Å². The predicted molar refractivity (Wildman–Crippen MR) is 91.7 cm³/mol. The molecular formula is C17H14F2N4O2S. The monoisotopic (exact) mass is 376 g/mol. The van der Waals surface area contributed by atoms with Crippen molar-refractivity contribution in [3.63, 3.8) is 0 Å². The molecule has 3 rings (SSSR count). The number of ketones is 1. The van der Waals surface area contributed by atoms with Gasteiger partial charge in [-0.3, -0.25) is 4.79 Å². The number of carbonyl (C=O) groups excluding carboxylic acids is 1. The van der Waals surface area contributed by atoms with Crippen LogP contribution in [0.25, 0.3) is 5.69 Å². The molecule has 1 unspecified atom stereocenters. The zero-order valence-electron chi connectivity index (χ0n) is 13.9. The van der Waals surface area contributed by atoms with E-state index in [-0.39, 0.29) is 5.56 Å². The van der Waals surface area contributed by atoms with Gasteiger partial charge in [-0.2, -0.15) is 4.68 Å².